The molecule has 1 unspecified atom stereocenters. The van der Waals surface area contributed by atoms with E-state index >= 15 is 0 Å². The van der Waals surface area contributed by atoms with E-state index in [1.165, 1.54) is 0 Å². The number of aliphatic imine (C=N–C) groups is 1. The number of furan rings is 1. The van der Waals surface area contributed by atoms with Crippen molar-refractivity contribution in [3.05, 3.63) is 40.6 Å². The molecule has 23 heavy (non-hydrogen) atoms. The summed E-state index contributed by atoms with van der Waals surface area (Å²) in [6.45, 7) is 6.82. The normalized spacial score (nSPS) is 13.2. The number of aliphatic hydroxyl groups excluding tert-OH is 1. The van der Waals surface area contributed by atoms with E-state index < -0.39 is 6.10 Å². The van der Waals surface area contributed by atoms with Crippen molar-refractivity contribution in [1.82, 2.24) is 20.4 Å². The van der Waals surface area contributed by atoms with Crippen molar-refractivity contribution in [1.29, 1.82) is 0 Å². The standard InChI is InChI=1S/C16H25N5O2/c1-10-6-7-15(23-10)14(22)9-19-16(17-4)18-8-13-11(2)20-21(5)12(13)3/h6-7,14,22H,8-9H2,1-5H3,(H2,17,18,19). The summed E-state index contributed by atoms with van der Waals surface area (Å²) in [5.74, 6) is 1.95. The average molecular weight is 319 g/mol. The highest BCUT2D eigenvalue weighted by Crippen LogP contribution is 2.15. The molecule has 1 atom stereocenters. The van der Waals surface area contributed by atoms with Crippen LogP contribution in [0.4, 0.5) is 0 Å². The minimum atomic E-state index is -0.718. The smallest absolute Gasteiger partial charge is 0.191 e. The maximum absolute atomic E-state index is 10.1. The third-order valence-electron chi connectivity index (χ3n) is 3.87. The quantitative estimate of drug-likeness (QED) is 0.572. The van der Waals surface area contributed by atoms with Gasteiger partial charge in [0, 0.05) is 31.9 Å². The Balaban J connectivity index is 1.88. The zero-order chi connectivity index (χ0) is 17.0. The van der Waals surface area contributed by atoms with Crippen LogP contribution in [0, 0.1) is 20.8 Å². The number of hydrogen-bond acceptors (Lipinski definition) is 4. The van der Waals surface area contributed by atoms with Gasteiger partial charge in [0.15, 0.2) is 5.96 Å². The highest BCUT2D eigenvalue weighted by molar-refractivity contribution is 5.79. The fourth-order valence-electron chi connectivity index (χ4n) is 2.39. The molecule has 0 radical (unpaired) electrons. The van der Waals surface area contributed by atoms with Crippen molar-refractivity contribution in [3.63, 3.8) is 0 Å². The lowest BCUT2D eigenvalue weighted by Gasteiger charge is -2.14. The van der Waals surface area contributed by atoms with Gasteiger partial charge in [0.25, 0.3) is 0 Å². The Bertz CT molecular complexity index is 687. The number of aryl methyl sites for hydroxylation is 3. The molecule has 0 bridgehead atoms. The van der Waals surface area contributed by atoms with Crippen molar-refractivity contribution >= 4 is 5.96 Å². The molecular formula is C16H25N5O2. The molecule has 0 spiro atoms. The number of rotatable bonds is 5. The molecule has 2 heterocycles. The SMILES string of the molecule is CN=C(NCc1c(C)nn(C)c1C)NCC(O)c1ccc(C)o1. The molecule has 0 saturated carbocycles. The summed E-state index contributed by atoms with van der Waals surface area (Å²) in [5.41, 5.74) is 3.27. The first-order valence-electron chi connectivity index (χ1n) is 7.60. The topological polar surface area (TPSA) is 87.6 Å². The maximum Gasteiger partial charge on any atom is 0.191 e. The monoisotopic (exact) mass is 319 g/mol. The van der Waals surface area contributed by atoms with Gasteiger partial charge in [-0.05, 0) is 32.9 Å². The van der Waals surface area contributed by atoms with Crippen LogP contribution in [0.1, 0.15) is 34.6 Å². The Morgan fingerprint density at radius 3 is 2.61 bits per heavy atom. The molecular weight excluding hydrogens is 294 g/mol. The summed E-state index contributed by atoms with van der Waals surface area (Å²) in [7, 11) is 3.63. The molecule has 0 aliphatic heterocycles. The number of aliphatic hydroxyl groups is 1. The highest BCUT2D eigenvalue weighted by Gasteiger charge is 2.13. The third-order valence-corrected chi connectivity index (χ3v) is 3.87. The molecule has 126 valence electrons. The summed E-state index contributed by atoms with van der Waals surface area (Å²) in [6, 6.07) is 3.61. The van der Waals surface area contributed by atoms with Crippen molar-refractivity contribution < 1.29 is 9.52 Å². The van der Waals surface area contributed by atoms with Crippen LogP contribution >= 0.6 is 0 Å². The largest absolute Gasteiger partial charge is 0.464 e. The van der Waals surface area contributed by atoms with Gasteiger partial charge in [0.05, 0.1) is 12.2 Å². The van der Waals surface area contributed by atoms with Crippen molar-refractivity contribution in [2.24, 2.45) is 12.0 Å². The summed E-state index contributed by atoms with van der Waals surface area (Å²) >= 11 is 0. The van der Waals surface area contributed by atoms with Crippen LogP contribution in [-0.2, 0) is 13.6 Å². The van der Waals surface area contributed by atoms with Crippen LogP contribution in [0.2, 0.25) is 0 Å². The second-order valence-electron chi connectivity index (χ2n) is 5.54. The van der Waals surface area contributed by atoms with E-state index in [-0.39, 0.29) is 0 Å². The number of nitrogens with one attached hydrogen (secondary N) is 2. The van der Waals surface area contributed by atoms with Gasteiger partial charge in [0.1, 0.15) is 17.6 Å². The molecule has 2 aromatic rings. The van der Waals surface area contributed by atoms with E-state index in [0.29, 0.717) is 24.8 Å². The van der Waals surface area contributed by atoms with Crippen molar-refractivity contribution in [3.8, 4) is 0 Å². The number of aromatic nitrogens is 2. The van der Waals surface area contributed by atoms with Gasteiger partial charge in [0.2, 0.25) is 0 Å². The van der Waals surface area contributed by atoms with Gasteiger partial charge in [-0.2, -0.15) is 5.10 Å². The first kappa shape index (κ1) is 17.1. The maximum atomic E-state index is 10.1. The van der Waals surface area contributed by atoms with Crippen LogP contribution in [0.3, 0.4) is 0 Å². The molecule has 0 amide bonds. The van der Waals surface area contributed by atoms with Crippen LogP contribution < -0.4 is 10.6 Å². The van der Waals surface area contributed by atoms with E-state index in [2.05, 4.69) is 20.7 Å². The van der Waals surface area contributed by atoms with E-state index in [0.717, 1.165) is 22.7 Å². The number of guanidine groups is 1. The molecule has 0 aliphatic rings. The summed E-state index contributed by atoms with van der Waals surface area (Å²) in [5, 5.41) is 20.8. The molecule has 0 aliphatic carbocycles. The molecule has 2 aromatic heterocycles. The Morgan fingerprint density at radius 1 is 1.35 bits per heavy atom. The minimum absolute atomic E-state index is 0.317. The Morgan fingerprint density at radius 2 is 2.09 bits per heavy atom. The van der Waals surface area contributed by atoms with Crippen LogP contribution in [-0.4, -0.2) is 34.4 Å². The van der Waals surface area contributed by atoms with E-state index in [4.69, 9.17) is 4.42 Å². The minimum Gasteiger partial charge on any atom is -0.464 e. The first-order chi connectivity index (χ1) is 10.9. The van der Waals surface area contributed by atoms with Gasteiger partial charge in [-0.15, -0.1) is 0 Å². The predicted molar refractivity (Wildman–Crippen MR) is 89.3 cm³/mol. The predicted octanol–water partition coefficient (Wildman–Crippen LogP) is 1.34. The molecule has 0 aromatic carbocycles. The Hall–Kier alpha value is -2.28. The highest BCUT2D eigenvalue weighted by atomic mass is 16.4. The van der Waals surface area contributed by atoms with Crippen LogP contribution in [0.25, 0.3) is 0 Å². The third kappa shape index (κ3) is 4.13. The van der Waals surface area contributed by atoms with Gasteiger partial charge in [-0.25, -0.2) is 0 Å². The van der Waals surface area contributed by atoms with Gasteiger partial charge in [-0.1, -0.05) is 0 Å². The lowest BCUT2D eigenvalue weighted by atomic mass is 10.2. The molecule has 3 N–H and O–H groups in total. The Kier molecular flexibility index (Phi) is 5.44. The van der Waals surface area contributed by atoms with Crippen molar-refractivity contribution in [2.75, 3.05) is 13.6 Å². The second kappa shape index (κ2) is 7.32. The second-order valence-corrected chi connectivity index (χ2v) is 5.54. The van der Waals surface area contributed by atoms with E-state index in [1.54, 1.807) is 13.1 Å². The summed E-state index contributed by atoms with van der Waals surface area (Å²) in [6.07, 6.45) is -0.718. The van der Waals surface area contributed by atoms with E-state index in [9.17, 15) is 5.11 Å². The molecule has 7 heteroatoms. The fourth-order valence-corrected chi connectivity index (χ4v) is 2.39. The first-order valence-corrected chi connectivity index (χ1v) is 7.60. The zero-order valence-corrected chi connectivity index (χ0v) is 14.3. The fraction of sp³-hybridized carbons (Fsp3) is 0.500. The van der Waals surface area contributed by atoms with Gasteiger partial charge < -0.3 is 20.2 Å². The average Bonchev–Trinajstić information content (AvgIpc) is 3.05. The lowest BCUT2D eigenvalue weighted by molar-refractivity contribution is 0.151. The number of hydrogen-bond donors (Lipinski definition) is 3. The Labute approximate surface area is 136 Å². The summed E-state index contributed by atoms with van der Waals surface area (Å²) < 4.78 is 7.28. The number of nitrogens with zero attached hydrogens (tertiary/aromatic N) is 3. The molecule has 0 fully saturated rings. The summed E-state index contributed by atoms with van der Waals surface area (Å²) in [4.78, 5) is 4.17. The lowest BCUT2D eigenvalue weighted by Crippen LogP contribution is -2.39. The van der Waals surface area contributed by atoms with Crippen LogP contribution in [0.5, 0.6) is 0 Å². The van der Waals surface area contributed by atoms with Gasteiger partial charge >= 0.3 is 0 Å². The molecule has 2 rings (SSSR count). The van der Waals surface area contributed by atoms with Crippen LogP contribution in [0.15, 0.2) is 21.5 Å². The van der Waals surface area contributed by atoms with Gasteiger partial charge in [-0.3, -0.25) is 9.67 Å². The van der Waals surface area contributed by atoms with E-state index in [1.807, 2.05) is 38.6 Å². The van der Waals surface area contributed by atoms with Crippen molar-refractivity contribution in [2.45, 2.75) is 33.4 Å². The zero-order valence-electron chi connectivity index (χ0n) is 14.3. The molecule has 7 nitrogen and oxygen atoms in total. The molecule has 0 saturated heterocycles.